The van der Waals surface area contributed by atoms with Gasteiger partial charge in [-0.2, -0.15) is 0 Å². The van der Waals surface area contributed by atoms with Gasteiger partial charge in [-0.15, -0.1) is 0 Å². The van der Waals surface area contributed by atoms with Crippen molar-refractivity contribution in [2.45, 2.75) is 20.0 Å². The van der Waals surface area contributed by atoms with Gasteiger partial charge in [-0.1, -0.05) is 0 Å². The maximum absolute atomic E-state index is 12.0. The lowest BCUT2D eigenvalue weighted by Crippen LogP contribution is -2.41. The summed E-state index contributed by atoms with van der Waals surface area (Å²) in [6.07, 6.45) is 0.137. The first-order valence-electron chi connectivity index (χ1n) is 7.50. The second-order valence-corrected chi connectivity index (χ2v) is 5.40. The minimum atomic E-state index is -0.0423. The van der Waals surface area contributed by atoms with Crippen LogP contribution in [0.25, 0.3) is 0 Å². The number of ether oxygens (including phenoxy) is 2. The van der Waals surface area contributed by atoms with Crippen LogP contribution in [0.15, 0.2) is 24.3 Å². The van der Waals surface area contributed by atoms with E-state index in [4.69, 9.17) is 9.47 Å². The van der Waals surface area contributed by atoms with Crippen LogP contribution < -0.4 is 10.1 Å². The molecule has 1 heterocycles. The van der Waals surface area contributed by atoms with Crippen molar-refractivity contribution in [2.75, 3.05) is 39.4 Å². The van der Waals surface area contributed by atoms with Crippen LogP contribution in [-0.2, 0) is 4.74 Å². The van der Waals surface area contributed by atoms with Crippen molar-refractivity contribution >= 4 is 5.91 Å². The fraction of sp³-hybridized carbons (Fsp3) is 0.562. The average molecular weight is 292 g/mol. The highest BCUT2D eigenvalue weighted by Gasteiger charge is 2.11. The van der Waals surface area contributed by atoms with Crippen LogP contribution in [0.3, 0.4) is 0 Å². The lowest BCUT2D eigenvalue weighted by molar-refractivity contribution is 0.0383. The van der Waals surface area contributed by atoms with E-state index in [1.165, 1.54) is 0 Å². The molecule has 1 amide bonds. The van der Waals surface area contributed by atoms with Crippen molar-refractivity contribution in [2.24, 2.45) is 0 Å². The average Bonchev–Trinajstić information content (AvgIpc) is 2.48. The number of hydrogen-bond acceptors (Lipinski definition) is 4. The lowest BCUT2D eigenvalue weighted by atomic mass is 10.2. The Balaban J connectivity index is 1.74. The zero-order valence-corrected chi connectivity index (χ0v) is 12.8. The van der Waals surface area contributed by atoms with Gasteiger partial charge in [-0.25, -0.2) is 0 Å². The third-order valence-corrected chi connectivity index (χ3v) is 3.31. The predicted octanol–water partition coefficient (Wildman–Crippen LogP) is 1.54. The molecule has 1 aliphatic rings. The molecule has 1 saturated heterocycles. The fourth-order valence-corrected chi connectivity index (χ4v) is 2.21. The summed E-state index contributed by atoms with van der Waals surface area (Å²) in [7, 11) is 0. The highest BCUT2D eigenvalue weighted by molar-refractivity contribution is 5.94. The molecule has 0 spiro atoms. The molecule has 0 aromatic heterocycles. The van der Waals surface area contributed by atoms with E-state index in [0.29, 0.717) is 12.1 Å². The summed E-state index contributed by atoms with van der Waals surface area (Å²) < 4.78 is 10.9. The van der Waals surface area contributed by atoms with Gasteiger partial charge in [0.05, 0.1) is 19.3 Å². The number of rotatable bonds is 6. The van der Waals surface area contributed by atoms with E-state index in [0.717, 1.165) is 38.6 Å². The minimum absolute atomic E-state index is 0.0423. The first-order chi connectivity index (χ1) is 10.1. The molecule has 0 bridgehead atoms. The van der Waals surface area contributed by atoms with Gasteiger partial charge in [0.25, 0.3) is 5.91 Å². The van der Waals surface area contributed by atoms with Gasteiger partial charge in [0.1, 0.15) is 5.75 Å². The van der Waals surface area contributed by atoms with Crippen molar-refractivity contribution in [1.82, 2.24) is 10.2 Å². The van der Waals surface area contributed by atoms with Gasteiger partial charge >= 0.3 is 0 Å². The van der Waals surface area contributed by atoms with Crippen molar-refractivity contribution in [3.05, 3.63) is 29.8 Å². The molecule has 0 radical (unpaired) electrons. The Labute approximate surface area is 126 Å². The normalized spacial score (nSPS) is 16.0. The number of nitrogens with one attached hydrogen (secondary N) is 1. The summed E-state index contributed by atoms with van der Waals surface area (Å²) in [5.74, 6) is 0.745. The number of morpholine rings is 1. The Morgan fingerprint density at radius 1 is 1.29 bits per heavy atom. The maximum atomic E-state index is 12.0. The quantitative estimate of drug-likeness (QED) is 0.864. The molecule has 5 heteroatoms. The predicted molar refractivity (Wildman–Crippen MR) is 81.8 cm³/mol. The van der Waals surface area contributed by atoms with E-state index in [1.54, 1.807) is 12.1 Å². The third kappa shape index (κ3) is 5.36. The van der Waals surface area contributed by atoms with Crippen LogP contribution in [0, 0.1) is 0 Å². The van der Waals surface area contributed by atoms with E-state index in [1.807, 2.05) is 26.0 Å². The van der Waals surface area contributed by atoms with Crippen molar-refractivity contribution in [3.63, 3.8) is 0 Å². The Bertz CT molecular complexity index is 439. The van der Waals surface area contributed by atoms with Gasteiger partial charge in [0, 0.05) is 31.7 Å². The third-order valence-electron chi connectivity index (χ3n) is 3.31. The van der Waals surface area contributed by atoms with E-state index < -0.39 is 0 Å². The molecule has 1 aromatic rings. The molecular weight excluding hydrogens is 268 g/mol. The molecule has 5 nitrogen and oxygen atoms in total. The Hall–Kier alpha value is -1.59. The molecule has 1 aromatic carbocycles. The maximum Gasteiger partial charge on any atom is 0.251 e. The summed E-state index contributed by atoms with van der Waals surface area (Å²) >= 11 is 0. The molecular formula is C16H24N2O3. The monoisotopic (exact) mass is 292 g/mol. The van der Waals surface area contributed by atoms with Crippen LogP contribution in [0.1, 0.15) is 24.2 Å². The minimum Gasteiger partial charge on any atom is -0.491 e. The van der Waals surface area contributed by atoms with E-state index in [9.17, 15) is 4.79 Å². The number of hydrogen-bond donors (Lipinski definition) is 1. The molecule has 21 heavy (non-hydrogen) atoms. The molecule has 2 rings (SSSR count). The lowest BCUT2D eigenvalue weighted by Gasteiger charge is -2.26. The first kappa shape index (κ1) is 15.8. The topological polar surface area (TPSA) is 50.8 Å². The molecule has 0 aliphatic carbocycles. The summed E-state index contributed by atoms with van der Waals surface area (Å²) in [5.41, 5.74) is 0.660. The van der Waals surface area contributed by atoms with Gasteiger partial charge < -0.3 is 14.8 Å². The van der Waals surface area contributed by atoms with Gasteiger partial charge in [-0.3, -0.25) is 9.69 Å². The summed E-state index contributed by atoms with van der Waals surface area (Å²) in [5, 5.41) is 2.94. The van der Waals surface area contributed by atoms with Gasteiger partial charge in [0.15, 0.2) is 0 Å². The van der Waals surface area contributed by atoms with Crippen LogP contribution in [0.5, 0.6) is 5.75 Å². The van der Waals surface area contributed by atoms with Crippen LogP contribution in [0.4, 0.5) is 0 Å². The smallest absolute Gasteiger partial charge is 0.251 e. The number of carbonyl (C=O) groups is 1. The summed E-state index contributed by atoms with van der Waals surface area (Å²) in [4.78, 5) is 14.3. The molecule has 1 fully saturated rings. The summed E-state index contributed by atoms with van der Waals surface area (Å²) in [6, 6.07) is 7.25. The number of benzene rings is 1. The molecule has 0 unspecified atom stereocenters. The summed E-state index contributed by atoms with van der Waals surface area (Å²) in [6.45, 7) is 8.93. The van der Waals surface area contributed by atoms with Crippen molar-refractivity contribution in [1.29, 1.82) is 0 Å². The van der Waals surface area contributed by atoms with Crippen LogP contribution in [0.2, 0.25) is 0 Å². The zero-order valence-electron chi connectivity index (χ0n) is 12.8. The number of carbonyl (C=O) groups excluding carboxylic acids is 1. The number of amides is 1. The Kier molecular flexibility index (Phi) is 6.02. The molecule has 1 N–H and O–H groups in total. The molecule has 116 valence electrons. The first-order valence-corrected chi connectivity index (χ1v) is 7.50. The Morgan fingerprint density at radius 2 is 1.95 bits per heavy atom. The standard InChI is InChI=1S/C16H24N2O3/c1-13(2)21-15-5-3-14(4-6-15)16(19)17-7-8-18-9-11-20-12-10-18/h3-6,13H,7-12H2,1-2H3,(H,17,19). The number of nitrogens with zero attached hydrogens (tertiary/aromatic N) is 1. The fourth-order valence-electron chi connectivity index (χ4n) is 2.21. The molecule has 0 atom stereocenters. The van der Waals surface area contributed by atoms with Crippen LogP contribution >= 0.6 is 0 Å². The highest BCUT2D eigenvalue weighted by atomic mass is 16.5. The van der Waals surface area contributed by atoms with Gasteiger partial charge in [-0.05, 0) is 38.1 Å². The molecule has 0 saturated carbocycles. The SMILES string of the molecule is CC(C)Oc1ccc(C(=O)NCCN2CCOCC2)cc1. The zero-order chi connectivity index (χ0) is 15.1. The van der Waals surface area contributed by atoms with E-state index in [2.05, 4.69) is 10.2 Å². The highest BCUT2D eigenvalue weighted by Crippen LogP contribution is 2.13. The van der Waals surface area contributed by atoms with Crippen molar-refractivity contribution < 1.29 is 14.3 Å². The molecule has 1 aliphatic heterocycles. The van der Waals surface area contributed by atoms with E-state index in [-0.39, 0.29) is 12.0 Å². The second kappa shape index (κ2) is 8.00. The second-order valence-electron chi connectivity index (χ2n) is 5.40. The van der Waals surface area contributed by atoms with Crippen LogP contribution in [-0.4, -0.2) is 56.3 Å². The van der Waals surface area contributed by atoms with E-state index >= 15 is 0 Å². The van der Waals surface area contributed by atoms with Crippen molar-refractivity contribution in [3.8, 4) is 5.75 Å². The Morgan fingerprint density at radius 3 is 2.57 bits per heavy atom. The largest absolute Gasteiger partial charge is 0.491 e. The van der Waals surface area contributed by atoms with Gasteiger partial charge in [0.2, 0.25) is 0 Å².